The number of para-hydroxylation sites is 1. The van der Waals surface area contributed by atoms with Gasteiger partial charge in [0.1, 0.15) is 17.0 Å². The normalized spacial score (nSPS) is 11.2. The van der Waals surface area contributed by atoms with Crippen molar-refractivity contribution in [2.75, 3.05) is 0 Å². The zero-order valence-corrected chi connectivity index (χ0v) is 9.89. The first-order chi connectivity index (χ1) is 9.38. The van der Waals surface area contributed by atoms with Crippen LogP contribution in [0.2, 0.25) is 0 Å². The molecule has 0 aliphatic heterocycles. The van der Waals surface area contributed by atoms with E-state index in [0.717, 1.165) is 12.1 Å². The molecule has 0 aliphatic carbocycles. The summed E-state index contributed by atoms with van der Waals surface area (Å²) in [5, 5.41) is 8.95. The molecule has 1 aromatic heterocycles. The molecular formula is C13H8F3NO3. The highest BCUT2D eigenvalue weighted by Gasteiger charge is 2.32. The van der Waals surface area contributed by atoms with Crippen LogP contribution in [0.25, 0.3) is 0 Å². The minimum Gasteiger partial charge on any atom is -0.478 e. The van der Waals surface area contributed by atoms with Crippen LogP contribution < -0.4 is 4.74 Å². The Morgan fingerprint density at radius 2 is 1.80 bits per heavy atom. The number of carbonyl (C=O) groups is 1. The number of hydrogen-bond acceptors (Lipinski definition) is 3. The lowest BCUT2D eigenvalue weighted by Crippen LogP contribution is -2.08. The quantitative estimate of drug-likeness (QED) is 0.935. The molecule has 2 rings (SSSR count). The lowest BCUT2D eigenvalue weighted by atomic mass is 10.2. The molecule has 0 amide bonds. The number of rotatable bonds is 3. The smallest absolute Gasteiger partial charge is 0.433 e. The van der Waals surface area contributed by atoms with E-state index in [-0.39, 0.29) is 17.2 Å². The van der Waals surface area contributed by atoms with Crippen LogP contribution in [-0.2, 0) is 6.18 Å². The van der Waals surface area contributed by atoms with Gasteiger partial charge >= 0.3 is 12.1 Å². The van der Waals surface area contributed by atoms with Crippen LogP contribution in [0.4, 0.5) is 13.2 Å². The van der Waals surface area contributed by atoms with E-state index in [2.05, 4.69) is 4.98 Å². The summed E-state index contributed by atoms with van der Waals surface area (Å²) in [5.41, 5.74) is -1.27. The number of aromatic carboxylic acids is 1. The molecule has 0 aliphatic rings. The van der Waals surface area contributed by atoms with E-state index in [9.17, 15) is 18.0 Å². The third-order valence-electron chi connectivity index (χ3n) is 2.35. The van der Waals surface area contributed by atoms with Crippen LogP contribution in [0.3, 0.4) is 0 Å². The van der Waals surface area contributed by atoms with Gasteiger partial charge in [-0.05, 0) is 18.2 Å². The number of halogens is 3. The van der Waals surface area contributed by atoms with Crippen molar-refractivity contribution in [1.29, 1.82) is 0 Å². The van der Waals surface area contributed by atoms with Gasteiger partial charge in [0.15, 0.2) is 0 Å². The third-order valence-corrected chi connectivity index (χ3v) is 2.35. The first-order valence-corrected chi connectivity index (χ1v) is 5.42. The number of hydrogen-bond donors (Lipinski definition) is 1. The average molecular weight is 283 g/mol. The Morgan fingerprint density at radius 3 is 2.45 bits per heavy atom. The molecule has 4 nitrogen and oxygen atoms in total. The van der Waals surface area contributed by atoms with Crippen molar-refractivity contribution >= 4 is 5.97 Å². The summed E-state index contributed by atoms with van der Waals surface area (Å²) in [6, 6.07) is 8.76. The first kappa shape index (κ1) is 13.9. The van der Waals surface area contributed by atoms with Crippen molar-refractivity contribution in [2.24, 2.45) is 0 Å². The van der Waals surface area contributed by atoms with Crippen molar-refractivity contribution < 1.29 is 27.8 Å². The Morgan fingerprint density at radius 1 is 1.10 bits per heavy atom. The summed E-state index contributed by atoms with van der Waals surface area (Å²) < 4.78 is 42.6. The molecule has 1 N–H and O–H groups in total. The molecule has 0 spiro atoms. The number of alkyl halides is 3. The zero-order chi connectivity index (χ0) is 14.8. The molecule has 104 valence electrons. The molecule has 2 aromatic rings. The van der Waals surface area contributed by atoms with Crippen LogP contribution in [0, 0.1) is 0 Å². The fourth-order valence-corrected chi connectivity index (χ4v) is 1.47. The second-order valence-electron chi connectivity index (χ2n) is 3.76. The Kier molecular flexibility index (Phi) is 3.60. The predicted molar refractivity (Wildman–Crippen MR) is 62.7 cm³/mol. The van der Waals surface area contributed by atoms with E-state index in [1.165, 1.54) is 30.3 Å². The van der Waals surface area contributed by atoms with Gasteiger partial charge in [0.05, 0.1) is 0 Å². The number of aromatic nitrogens is 1. The fraction of sp³-hybridized carbons (Fsp3) is 0.0769. The van der Waals surface area contributed by atoms with Crippen molar-refractivity contribution in [1.82, 2.24) is 4.98 Å². The lowest BCUT2D eigenvalue weighted by Gasteiger charge is -2.10. The van der Waals surface area contributed by atoms with Gasteiger partial charge in [0.2, 0.25) is 5.88 Å². The largest absolute Gasteiger partial charge is 0.478 e. The Labute approximate surface area is 111 Å². The van der Waals surface area contributed by atoms with Crippen LogP contribution in [0.5, 0.6) is 11.6 Å². The molecule has 7 heteroatoms. The standard InChI is InChI=1S/C13H8F3NO3/c14-13(15,16)10-6-3-7-11(17-10)20-9-5-2-1-4-8(9)12(18)19/h1-7H,(H,18,19). The Bertz CT molecular complexity index is 641. The van der Waals surface area contributed by atoms with Crippen molar-refractivity contribution in [3.8, 4) is 11.6 Å². The molecule has 0 atom stereocenters. The summed E-state index contributed by atoms with van der Waals surface area (Å²) in [7, 11) is 0. The number of pyridine rings is 1. The lowest BCUT2D eigenvalue weighted by molar-refractivity contribution is -0.141. The van der Waals surface area contributed by atoms with E-state index in [4.69, 9.17) is 9.84 Å². The van der Waals surface area contributed by atoms with E-state index >= 15 is 0 Å². The SMILES string of the molecule is O=C(O)c1ccccc1Oc1cccc(C(F)(F)F)n1. The van der Waals surface area contributed by atoms with Gasteiger partial charge in [-0.3, -0.25) is 0 Å². The van der Waals surface area contributed by atoms with Crippen molar-refractivity contribution in [3.63, 3.8) is 0 Å². The maximum Gasteiger partial charge on any atom is 0.433 e. The minimum absolute atomic E-state index is 0.0770. The van der Waals surface area contributed by atoms with Crippen LogP contribution in [0.1, 0.15) is 16.1 Å². The number of nitrogens with zero attached hydrogens (tertiary/aromatic N) is 1. The highest BCUT2D eigenvalue weighted by Crippen LogP contribution is 2.30. The highest BCUT2D eigenvalue weighted by atomic mass is 19.4. The number of carboxylic acids is 1. The maximum absolute atomic E-state index is 12.5. The molecule has 20 heavy (non-hydrogen) atoms. The second kappa shape index (κ2) is 5.20. The first-order valence-electron chi connectivity index (χ1n) is 5.42. The van der Waals surface area contributed by atoms with Gasteiger partial charge < -0.3 is 9.84 Å². The molecule has 0 saturated heterocycles. The zero-order valence-electron chi connectivity index (χ0n) is 9.89. The molecule has 0 bridgehead atoms. The molecule has 0 saturated carbocycles. The fourth-order valence-electron chi connectivity index (χ4n) is 1.47. The van der Waals surface area contributed by atoms with E-state index in [1.807, 2.05) is 0 Å². The van der Waals surface area contributed by atoms with Crippen LogP contribution in [0.15, 0.2) is 42.5 Å². The van der Waals surface area contributed by atoms with Gasteiger partial charge in [-0.15, -0.1) is 0 Å². The molecule has 0 fully saturated rings. The van der Waals surface area contributed by atoms with Gasteiger partial charge in [-0.1, -0.05) is 18.2 Å². The second-order valence-corrected chi connectivity index (χ2v) is 3.76. The summed E-state index contributed by atoms with van der Waals surface area (Å²) >= 11 is 0. The summed E-state index contributed by atoms with van der Waals surface area (Å²) in [6.45, 7) is 0. The Hall–Kier alpha value is -2.57. The summed E-state index contributed by atoms with van der Waals surface area (Å²) in [4.78, 5) is 14.3. The molecule has 1 heterocycles. The van der Waals surface area contributed by atoms with E-state index in [1.54, 1.807) is 0 Å². The van der Waals surface area contributed by atoms with Crippen molar-refractivity contribution in [3.05, 3.63) is 53.7 Å². The van der Waals surface area contributed by atoms with Crippen LogP contribution >= 0.6 is 0 Å². The summed E-state index contributed by atoms with van der Waals surface area (Å²) in [5.74, 6) is -1.65. The Balaban J connectivity index is 2.34. The topological polar surface area (TPSA) is 59.4 Å². The summed E-state index contributed by atoms with van der Waals surface area (Å²) in [6.07, 6.45) is -4.59. The van der Waals surface area contributed by atoms with Crippen molar-refractivity contribution in [2.45, 2.75) is 6.18 Å². The molecule has 0 radical (unpaired) electrons. The van der Waals surface area contributed by atoms with Gasteiger partial charge in [-0.25, -0.2) is 9.78 Å². The number of ether oxygens (including phenoxy) is 1. The van der Waals surface area contributed by atoms with E-state index < -0.39 is 17.8 Å². The average Bonchev–Trinajstić information content (AvgIpc) is 2.38. The number of carboxylic acid groups (broad SMARTS) is 1. The number of benzene rings is 1. The molecule has 1 aromatic carbocycles. The maximum atomic E-state index is 12.5. The molecule has 0 unspecified atom stereocenters. The van der Waals surface area contributed by atoms with Gasteiger partial charge in [-0.2, -0.15) is 13.2 Å². The predicted octanol–water partition coefficient (Wildman–Crippen LogP) is 3.59. The highest BCUT2D eigenvalue weighted by molar-refractivity contribution is 5.90. The third kappa shape index (κ3) is 3.05. The van der Waals surface area contributed by atoms with Crippen LogP contribution in [-0.4, -0.2) is 16.1 Å². The monoisotopic (exact) mass is 283 g/mol. The van der Waals surface area contributed by atoms with Gasteiger partial charge in [0, 0.05) is 6.07 Å². The molecular weight excluding hydrogens is 275 g/mol. The van der Waals surface area contributed by atoms with Gasteiger partial charge in [0.25, 0.3) is 0 Å². The minimum atomic E-state index is -4.59. The van der Waals surface area contributed by atoms with E-state index in [0.29, 0.717) is 0 Å².